The molecular formula is C24H27NO5S3. The Morgan fingerprint density at radius 2 is 1.70 bits per heavy atom. The molecule has 0 aromatic heterocycles. The number of anilines is 1. The fraction of sp³-hybridized carbons (Fsp3) is 0.417. The Balaban J connectivity index is 1.88. The van der Waals surface area contributed by atoms with Gasteiger partial charge in [0, 0.05) is 21.7 Å². The van der Waals surface area contributed by atoms with Crippen molar-refractivity contribution < 1.29 is 23.8 Å². The summed E-state index contributed by atoms with van der Waals surface area (Å²) in [7, 11) is 0. The van der Waals surface area contributed by atoms with Crippen LogP contribution in [0.2, 0.25) is 0 Å². The summed E-state index contributed by atoms with van der Waals surface area (Å²) in [5.74, 6) is 0.0650. The molecule has 0 saturated heterocycles. The van der Waals surface area contributed by atoms with Crippen LogP contribution in [0.4, 0.5) is 5.69 Å². The molecule has 1 aromatic rings. The summed E-state index contributed by atoms with van der Waals surface area (Å²) in [5, 5.41) is 5.45. The lowest BCUT2D eigenvalue weighted by Crippen LogP contribution is -2.40. The van der Waals surface area contributed by atoms with E-state index in [1.165, 1.54) is 35.3 Å². The zero-order chi connectivity index (χ0) is 23.8. The molecule has 33 heavy (non-hydrogen) atoms. The van der Waals surface area contributed by atoms with Crippen molar-refractivity contribution in [2.45, 2.75) is 44.2 Å². The van der Waals surface area contributed by atoms with Gasteiger partial charge in [0.25, 0.3) is 0 Å². The number of nitrogens with one attached hydrogen (secondary N) is 1. The van der Waals surface area contributed by atoms with Gasteiger partial charge in [0.05, 0.1) is 30.3 Å². The van der Waals surface area contributed by atoms with Crippen LogP contribution in [0.1, 0.15) is 40.2 Å². The van der Waals surface area contributed by atoms with E-state index < -0.39 is 9.62 Å². The Hall–Kier alpha value is -1.97. The molecule has 4 rings (SSSR count). The number of fused-ring (bicyclic) bond motifs is 3. The van der Waals surface area contributed by atoms with Gasteiger partial charge in [0.2, 0.25) is 0 Å². The number of hydrogen-bond acceptors (Lipinski definition) is 9. The molecule has 0 fully saturated rings. The fourth-order valence-electron chi connectivity index (χ4n) is 3.95. The Morgan fingerprint density at radius 1 is 1.00 bits per heavy atom. The summed E-state index contributed by atoms with van der Waals surface area (Å²) in [4.78, 5) is 27.5. The summed E-state index contributed by atoms with van der Waals surface area (Å²) in [6.45, 7) is 10.9. The molecule has 0 radical (unpaired) electrons. The molecule has 0 aliphatic carbocycles. The minimum atomic E-state index is -0.705. The molecular weight excluding hydrogens is 478 g/mol. The molecule has 0 amide bonds. The van der Waals surface area contributed by atoms with Gasteiger partial charge in [-0.05, 0) is 64.3 Å². The van der Waals surface area contributed by atoms with Gasteiger partial charge in [-0.25, -0.2) is 9.59 Å². The number of benzene rings is 1. The molecule has 1 atom stereocenters. The van der Waals surface area contributed by atoms with Gasteiger partial charge in [-0.15, -0.1) is 11.8 Å². The predicted molar refractivity (Wildman–Crippen MR) is 137 cm³/mol. The van der Waals surface area contributed by atoms with Crippen molar-refractivity contribution in [1.29, 1.82) is 0 Å². The third-order valence-electron chi connectivity index (χ3n) is 5.25. The Labute approximate surface area is 206 Å². The average molecular weight is 506 g/mol. The minimum Gasteiger partial charge on any atom is -0.494 e. The molecule has 3 aliphatic rings. The third-order valence-corrected chi connectivity index (χ3v) is 9.52. The second kappa shape index (κ2) is 9.35. The van der Waals surface area contributed by atoms with E-state index in [4.69, 9.17) is 14.2 Å². The van der Waals surface area contributed by atoms with Crippen LogP contribution in [-0.2, 0) is 19.1 Å². The van der Waals surface area contributed by atoms with Gasteiger partial charge >= 0.3 is 11.9 Å². The Kier molecular flexibility index (Phi) is 6.85. The Bertz CT molecular complexity index is 1090. The molecule has 1 N–H and O–H groups in total. The van der Waals surface area contributed by atoms with Crippen molar-refractivity contribution >= 4 is 58.5 Å². The van der Waals surface area contributed by atoms with E-state index in [0.29, 0.717) is 29.6 Å². The molecule has 1 spiro atoms. The van der Waals surface area contributed by atoms with Crippen molar-refractivity contribution in [1.82, 2.24) is 0 Å². The van der Waals surface area contributed by atoms with Crippen LogP contribution in [0, 0.1) is 0 Å². The lowest BCUT2D eigenvalue weighted by atomic mass is 9.87. The van der Waals surface area contributed by atoms with Crippen molar-refractivity contribution in [3.63, 3.8) is 0 Å². The van der Waals surface area contributed by atoms with E-state index in [1.807, 2.05) is 36.6 Å². The highest BCUT2D eigenvalue weighted by Gasteiger charge is 2.51. The second-order valence-electron chi connectivity index (χ2n) is 8.02. The summed E-state index contributed by atoms with van der Waals surface area (Å²) in [5.41, 5.74) is 2.61. The Morgan fingerprint density at radius 3 is 2.36 bits per heavy atom. The standard InChI is InChI=1S/C24H27NO5S3/c1-6-28-14-9-10-16-15(11-14)19-20(23(4,5)25-16)32-17(21(26)29-7-2)12-24(19)31-13-18(33-24)22(27)30-8-3/h9-13,25H,6-8H2,1-5H3. The molecule has 0 bridgehead atoms. The van der Waals surface area contributed by atoms with Crippen molar-refractivity contribution in [2.24, 2.45) is 0 Å². The van der Waals surface area contributed by atoms with Gasteiger partial charge in [0.15, 0.2) is 0 Å². The summed E-state index contributed by atoms with van der Waals surface area (Å²) in [6, 6.07) is 6.01. The maximum Gasteiger partial charge on any atom is 0.345 e. The normalized spacial score (nSPS) is 22.6. The summed E-state index contributed by atoms with van der Waals surface area (Å²) >= 11 is 4.36. The molecule has 3 heterocycles. The average Bonchev–Trinajstić information content (AvgIpc) is 3.18. The number of thioether (sulfide) groups is 3. The molecule has 1 unspecified atom stereocenters. The third kappa shape index (κ3) is 4.42. The summed E-state index contributed by atoms with van der Waals surface area (Å²) < 4.78 is 15.7. The van der Waals surface area contributed by atoms with Crippen molar-refractivity contribution in [2.75, 3.05) is 25.1 Å². The first-order chi connectivity index (χ1) is 15.7. The van der Waals surface area contributed by atoms with Crippen LogP contribution in [-0.4, -0.2) is 41.4 Å². The van der Waals surface area contributed by atoms with E-state index >= 15 is 0 Å². The number of carbonyl (C=O) groups excluding carboxylic acids is 2. The van der Waals surface area contributed by atoms with Gasteiger partial charge in [-0.1, -0.05) is 23.5 Å². The van der Waals surface area contributed by atoms with Crippen LogP contribution < -0.4 is 10.1 Å². The fourth-order valence-corrected chi connectivity index (χ4v) is 8.31. The first kappa shape index (κ1) is 24.2. The van der Waals surface area contributed by atoms with Gasteiger partial charge < -0.3 is 19.5 Å². The minimum absolute atomic E-state index is 0.296. The first-order valence-electron chi connectivity index (χ1n) is 10.9. The maximum absolute atomic E-state index is 12.8. The van der Waals surface area contributed by atoms with Gasteiger partial charge in [-0.3, -0.25) is 0 Å². The van der Waals surface area contributed by atoms with Crippen LogP contribution >= 0.6 is 35.3 Å². The number of carbonyl (C=O) groups is 2. The van der Waals surface area contributed by atoms with Crippen LogP contribution in [0.25, 0.3) is 5.57 Å². The molecule has 176 valence electrons. The van der Waals surface area contributed by atoms with E-state index in [-0.39, 0.29) is 11.9 Å². The van der Waals surface area contributed by atoms with Crippen molar-refractivity contribution in [3.05, 3.63) is 50.0 Å². The van der Waals surface area contributed by atoms with Crippen molar-refractivity contribution in [3.8, 4) is 5.75 Å². The van der Waals surface area contributed by atoms with Gasteiger partial charge in [-0.2, -0.15) is 0 Å². The second-order valence-corrected chi connectivity index (χ2v) is 11.7. The smallest absolute Gasteiger partial charge is 0.345 e. The monoisotopic (exact) mass is 505 g/mol. The SMILES string of the molecule is CCOC(=O)C1=CC2(SC=C(C(=O)OCC)S2)C2=C(S1)C(C)(C)Nc1ccc(OCC)cc12. The van der Waals surface area contributed by atoms with Crippen LogP contribution in [0.15, 0.2) is 44.4 Å². The molecule has 0 saturated carbocycles. The number of rotatable bonds is 6. The largest absolute Gasteiger partial charge is 0.494 e. The number of esters is 2. The highest BCUT2D eigenvalue weighted by Crippen LogP contribution is 2.65. The van der Waals surface area contributed by atoms with Crippen LogP contribution in [0.3, 0.4) is 0 Å². The zero-order valence-electron chi connectivity index (χ0n) is 19.3. The zero-order valence-corrected chi connectivity index (χ0v) is 21.7. The molecule has 9 heteroatoms. The van der Waals surface area contributed by atoms with Gasteiger partial charge in [0.1, 0.15) is 14.7 Å². The van der Waals surface area contributed by atoms with E-state index in [0.717, 1.165) is 27.5 Å². The highest BCUT2D eigenvalue weighted by molar-refractivity contribution is 8.25. The first-order valence-corrected chi connectivity index (χ1v) is 13.4. The lowest BCUT2D eigenvalue weighted by molar-refractivity contribution is -0.138. The molecule has 1 aromatic carbocycles. The lowest BCUT2D eigenvalue weighted by Gasteiger charge is -2.44. The summed E-state index contributed by atoms with van der Waals surface area (Å²) in [6.07, 6.45) is 1.94. The quantitative estimate of drug-likeness (QED) is 0.485. The maximum atomic E-state index is 12.8. The molecule has 3 aliphatic heterocycles. The molecule has 6 nitrogen and oxygen atoms in total. The van der Waals surface area contributed by atoms with E-state index in [9.17, 15) is 9.59 Å². The van der Waals surface area contributed by atoms with Crippen LogP contribution in [0.5, 0.6) is 5.75 Å². The topological polar surface area (TPSA) is 73.9 Å². The number of ether oxygens (including phenoxy) is 3. The van der Waals surface area contributed by atoms with E-state index in [2.05, 4.69) is 19.2 Å². The van der Waals surface area contributed by atoms with E-state index in [1.54, 1.807) is 13.8 Å². The predicted octanol–water partition coefficient (Wildman–Crippen LogP) is 5.78. The number of hydrogen-bond donors (Lipinski definition) is 1. The highest BCUT2D eigenvalue weighted by atomic mass is 32.2.